The molecule has 3 aromatic rings. The van der Waals surface area contributed by atoms with Crippen LogP contribution in [0.3, 0.4) is 0 Å². The minimum absolute atomic E-state index is 0.0188. The van der Waals surface area contributed by atoms with Gasteiger partial charge in [0.1, 0.15) is 18.1 Å². The largest absolute Gasteiger partial charge is 0.486 e. The number of rotatable bonds is 5. The highest BCUT2D eigenvalue weighted by molar-refractivity contribution is 5.92. The Balaban J connectivity index is 1.13. The number of ether oxygens (including phenoxy) is 2. The quantitative estimate of drug-likeness (QED) is 0.595. The number of benzene rings is 2. The number of piperidine rings is 1. The van der Waals surface area contributed by atoms with E-state index in [1.54, 1.807) is 17.0 Å². The third kappa shape index (κ3) is 4.88. The summed E-state index contributed by atoms with van der Waals surface area (Å²) < 4.78 is 17.0. The van der Waals surface area contributed by atoms with Crippen molar-refractivity contribution in [2.75, 3.05) is 39.4 Å². The average Bonchev–Trinajstić information content (AvgIpc) is 3.36. The van der Waals surface area contributed by atoms with E-state index in [1.165, 1.54) is 0 Å². The van der Waals surface area contributed by atoms with Gasteiger partial charge in [-0.25, -0.2) is 0 Å². The van der Waals surface area contributed by atoms with E-state index in [0.29, 0.717) is 63.8 Å². The van der Waals surface area contributed by atoms with Crippen LogP contribution < -0.4 is 4.74 Å². The molecule has 2 aliphatic heterocycles. The molecule has 1 aromatic heterocycles. The number of amides is 2. The Morgan fingerprint density at radius 3 is 2.42 bits per heavy atom. The first-order chi connectivity index (χ1) is 16.2. The van der Waals surface area contributed by atoms with E-state index in [9.17, 15) is 9.59 Å². The summed E-state index contributed by atoms with van der Waals surface area (Å²) in [4.78, 5) is 29.3. The van der Waals surface area contributed by atoms with Gasteiger partial charge in [-0.1, -0.05) is 30.3 Å². The fraction of sp³-hybridized carbons (Fsp3) is 0.385. The summed E-state index contributed by atoms with van der Waals surface area (Å²) in [6.45, 7) is 3.90. The first-order valence-corrected chi connectivity index (χ1v) is 11.5. The number of hydrogen-bond acceptors (Lipinski definition) is 5. The maximum absolute atomic E-state index is 12.9. The number of nitrogens with zero attached hydrogens (tertiary/aromatic N) is 2. The topological polar surface area (TPSA) is 72.2 Å². The van der Waals surface area contributed by atoms with Crippen LogP contribution in [-0.4, -0.2) is 61.0 Å². The van der Waals surface area contributed by atoms with Crippen molar-refractivity contribution < 1.29 is 23.5 Å². The Kier molecular flexibility index (Phi) is 6.30. The molecule has 2 saturated heterocycles. The molecule has 0 spiro atoms. The molecule has 3 heterocycles. The summed E-state index contributed by atoms with van der Waals surface area (Å²) in [5.41, 5.74) is 0. The van der Waals surface area contributed by atoms with Crippen molar-refractivity contribution >= 4 is 22.6 Å². The fourth-order valence-corrected chi connectivity index (χ4v) is 4.51. The van der Waals surface area contributed by atoms with Gasteiger partial charge in [-0.15, -0.1) is 0 Å². The first kappa shape index (κ1) is 21.5. The predicted molar refractivity (Wildman–Crippen MR) is 123 cm³/mol. The van der Waals surface area contributed by atoms with Crippen LogP contribution in [0.5, 0.6) is 5.75 Å². The molecule has 0 bridgehead atoms. The Labute approximate surface area is 192 Å². The van der Waals surface area contributed by atoms with Gasteiger partial charge in [0.05, 0.1) is 13.2 Å². The van der Waals surface area contributed by atoms with Gasteiger partial charge in [0, 0.05) is 32.1 Å². The zero-order valence-electron chi connectivity index (χ0n) is 18.6. The molecule has 0 radical (unpaired) electrons. The van der Waals surface area contributed by atoms with Gasteiger partial charge in [-0.2, -0.15) is 0 Å². The highest BCUT2D eigenvalue weighted by Gasteiger charge is 2.31. The van der Waals surface area contributed by atoms with E-state index in [1.807, 2.05) is 41.3 Å². The van der Waals surface area contributed by atoms with Gasteiger partial charge in [0.25, 0.3) is 5.91 Å². The molecule has 2 fully saturated rings. The van der Waals surface area contributed by atoms with Crippen LogP contribution in [0.25, 0.3) is 10.8 Å². The maximum Gasteiger partial charge on any atom is 0.289 e. The van der Waals surface area contributed by atoms with Crippen molar-refractivity contribution in [2.45, 2.75) is 19.4 Å². The molecule has 2 aliphatic rings. The van der Waals surface area contributed by atoms with Crippen molar-refractivity contribution in [3.05, 3.63) is 66.1 Å². The van der Waals surface area contributed by atoms with Crippen LogP contribution >= 0.6 is 0 Å². The molecular weight excluding hydrogens is 420 g/mol. The molecule has 172 valence electrons. The molecule has 0 unspecified atom stereocenters. The van der Waals surface area contributed by atoms with Gasteiger partial charge in [0.15, 0.2) is 5.76 Å². The lowest BCUT2D eigenvalue weighted by Gasteiger charge is -2.35. The molecule has 2 amide bonds. The second kappa shape index (κ2) is 9.67. The van der Waals surface area contributed by atoms with E-state index in [0.717, 1.165) is 16.5 Å². The molecule has 7 nitrogen and oxygen atoms in total. The molecule has 5 rings (SSSR count). The molecule has 33 heavy (non-hydrogen) atoms. The zero-order chi connectivity index (χ0) is 22.6. The van der Waals surface area contributed by atoms with Crippen molar-refractivity contribution in [1.82, 2.24) is 9.80 Å². The number of morpholine rings is 1. The Bertz CT molecular complexity index is 1130. The van der Waals surface area contributed by atoms with Gasteiger partial charge in [-0.3, -0.25) is 9.59 Å². The molecule has 7 heteroatoms. The minimum atomic E-state index is -0.135. The number of carbonyl (C=O) groups excluding carboxylic acids is 2. The Morgan fingerprint density at radius 2 is 1.64 bits per heavy atom. The van der Waals surface area contributed by atoms with Crippen molar-refractivity contribution in [2.24, 2.45) is 5.92 Å². The molecule has 0 atom stereocenters. The van der Waals surface area contributed by atoms with E-state index in [4.69, 9.17) is 13.9 Å². The number of likely N-dealkylation sites (tertiary alicyclic amines) is 1. The summed E-state index contributed by atoms with van der Waals surface area (Å²) in [6, 6.07) is 17.5. The van der Waals surface area contributed by atoms with E-state index >= 15 is 0 Å². The molecule has 0 N–H and O–H groups in total. The van der Waals surface area contributed by atoms with E-state index in [2.05, 4.69) is 6.07 Å². The average molecular weight is 449 g/mol. The molecule has 0 aliphatic carbocycles. The highest BCUT2D eigenvalue weighted by atomic mass is 16.5. The van der Waals surface area contributed by atoms with Crippen LogP contribution in [0.15, 0.2) is 59.0 Å². The normalized spacial score (nSPS) is 17.3. The minimum Gasteiger partial charge on any atom is -0.486 e. The van der Waals surface area contributed by atoms with Gasteiger partial charge >= 0.3 is 0 Å². The summed E-state index contributed by atoms with van der Waals surface area (Å²) in [5.74, 6) is 1.70. The number of fused-ring (bicyclic) bond motifs is 1. The van der Waals surface area contributed by atoms with Crippen LogP contribution in [0.1, 0.15) is 29.2 Å². The van der Waals surface area contributed by atoms with Gasteiger partial charge in [-0.05, 0) is 47.9 Å². The second-order valence-electron chi connectivity index (χ2n) is 8.57. The SMILES string of the molecule is O=C(c1ccc(COc2ccc3ccccc3c2)o1)N1CCC(C(=O)N2CCOCC2)CC1. The number of hydrogen-bond donors (Lipinski definition) is 0. The van der Waals surface area contributed by atoms with Crippen molar-refractivity contribution in [1.29, 1.82) is 0 Å². The highest BCUT2D eigenvalue weighted by Crippen LogP contribution is 2.24. The molecule has 2 aromatic carbocycles. The smallest absolute Gasteiger partial charge is 0.289 e. The van der Waals surface area contributed by atoms with Crippen molar-refractivity contribution in [3.8, 4) is 5.75 Å². The number of furan rings is 1. The lowest BCUT2D eigenvalue weighted by Crippen LogP contribution is -2.47. The summed E-state index contributed by atoms with van der Waals surface area (Å²) in [6.07, 6.45) is 1.36. The zero-order valence-corrected chi connectivity index (χ0v) is 18.6. The van der Waals surface area contributed by atoms with Crippen LogP contribution in [-0.2, 0) is 16.1 Å². The summed E-state index contributed by atoms with van der Waals surface area (Å²) in [7, 11) is 0. The molecular formula is C26H28N2O5. The van der Waals surface area contributed by atoms with Gasteiger partial charge in [0.2, 0.25) is 5.91 Å². The monoisotopic (exact) mass is 448 g/mol. The van der Waals surface area contributed by atoms with Crippen LogP contribution in [0.2, 0.25) is 0 Å². The van der Waals surface area contributed by atoms with Crippen molar-refractivity contribution in [3.63, 3.8) is 0 Å². The lowest BCUT2D eigenvalue weighted by atomic mass is 9.95. The van der Waals surface area contributed by atoms with E-state index < -0.39 is 0 Å². The van der Waals surface area contributed by atoms with Crippen LogP contribution in [0.4, 0.5) is 0 Å². The van der Waals surface area contributed by atoms with Crippen LogP contribution in [0, 0.1) is 5.92 Å². The second-order valence-corrected chi connectivity index (χ2v) is 8.57. The standard InChI is InChI=1S/C26H28N2O5/c29-25(28-13-15-31-16-14-28)20-9-11-27(12-10-20)26(30)24-8-7-23(33-24)18-32-22-6-5-19-3-1-2-4-21(19)17-22/h1-8,17,20H,9-16,18H2. The fourth-order valence-electron chi connectivity index (χ4n) is 4.51. The van der Waals surface area contributed by atoms with E-state index in [-0.39, 0.29) is 24.3 Å². The third-order valence-corrected chi connectivity index (χ3v) is 6.43. The first-order valence-electron chi connectivity index (χ1n) is 11.5. The summed E-state index contributed by atoms with van der Waals surface area (Å²) in [5, 5.41) is 2.27. The lowest BCUT2D eigenvalue weighted by molar-refractivity contribution is -0.141. The molecule has 0 saturated carbocycles. The Morgan fingerprint density at radius 1 is 0.879 bits per heavy atom. The third-order valence-electron chi connectivity index (χ3n) is 6.43. The Hall–Kier alpha value is -3.32. The summed E-state index contributed by atoms with van der Waals surface area (Å²) >= 11 is 0. The predicted octanol–water partition coefficient (Wildman–Crippen LogP) is 3.72. The van der Waals surface area contributed by atoms with Gasteiger partial charge < -0.3 is 23.7 Å². The maximum atomic E-state index is 12.9. The number of carbonyl (C=O) groups is 2.